The number of nitrogens with zero attached hydrogens (tertiary/aromatic N) is 5. The van der Waals surface area contributed by atoms with Crippen LogP contribution in [0.25, 0.3) is 0 Å². The number of pyridine rings is 1. The summed E-state index contributed by atoms with van der Waals surface area (Å²) in [5.74, 6) is 1.89. The zero-order valence-corrected chi connectivity index (χ0v) is 19.4. The summed E-state index contributed by atoms with van der Waals surface area (Å²) < 4.78 is 0. The lowest BCUT2D eigenvalue weighted by Gasteiger charge is -2.37. The monoisotopic (exact) mass is 437 g/mol. The molecule has 2 N–H and O–H groups in total. The second-order valence-electron chi connectivity index (χ2n) is 8.09. The summed E-state index contributed by atoms with van der Waals surface area (Å²) >= 11 is 0. The predicted molar refractivity (Wildman–Crippen MR) is 130 cm³/mol. The van der Waals surface area contributed by atoms with Crippen molar-refractivity contribution in [3.63, 3.8) is 0 Å². The van der Waals surface area contributed by atoms with Gasteiger partial charge in [0.05, 0.1) is 6.54 Å². The molecule has 8 heteroatoms. The number of likely N-dealkylation sites (N-methyl/N-ethyl adjacent to an activating group) is 1. The Labute approximate surface area is 191 Å². The van der Waals surface area contributed by atoms with Crippen LogP contribution in [0.2, 0.25) is 0 Å². The quantitative estimate of drug-likeness (QED) is 0.483. The van der Waals surface area contributed by atoms with Crippen LogP contribution in [0.15, 0.2) is 53.7 Å². The van der Waals surface area contributed by atoms with Crippen LogP contribution in [-0.2, 0) is 6.54 Å². The molecular weight excluding hydrogens is 402 g/mol. The van der Waals surface area contributed by atoms with Gasteiger partial charge in [-0.3, -0.25) is 4.79 Å². The number of aromatic nitrogens is 1. The Kier molecular flexibility index (Phi) is 8.86. The third-order valence-electron chi connectivity index (χ3n) is 5.33. The highest BCUT2D eigenvalue weighted by Crippen LogP contribution is 2.13. The Balaban J connectivity index is 1.59. The first-order valence-electron chi connectivity index (χ1n) is 11.3. The SMILES string of the molecule is CCNC(=NCc1cccc(C(=O)NCCN(C)C)c1)N1CCN(c2ccccn2)CC1. The normalized spacial score (nSPS) is 14.6. The number of aliphatic imine (C=N–C) groups is 1. The standard InChI is InChI=1S/C24H35N7O/c1-4-25-24(31-16-14-30(15-17-31)22-10-5-6-11-26-22)28-19-20-8-7-9-21(18-20)23(32)27-12-13-29(2)3/h5-11,18H,4,12-17,19H2,1-3H3,(H,25,28)(H,27,32). The fourth-order valence-electron chi connectivity index (χ4n) is 3.59. The van der Waals surface area contributed by atoms with E-state index < -0.39 is 0 Å². The van der Waals surface area contributed by atoms with Crippen LogP contribution in [0.3, 0.4) is 0 Å². The molecule has 1 aromatic heterocycles. The smallest absolute Gasteiger partial charge is 0.251 e. The zero-order chi connectivity index (χ0) is 22.8. The largest absolute Gasteiger partial charge is 0.357 e. The molecule has 0 unspecified atom stereocenters. The summed E-state index contributed by atoms with van der Waals surface area (Å²) in [6, 6.07) is 13.7. The Hall–Kier alpha value is -3.13. The molecule has 1 aliphatic rings. The topological polar surface area (TPSA) is 76.1 Å². The molecule has 3 rings (SSSR count). The van der Waals surface area contributed by atoms with Crippen LogP contribution in [0.4, 0.5) is 5.82 Å². The highest BCUT2D eigenvalue weighted by Gasteiger charge is 2.20. The number of carbonyl (C=O) groups excluding carboxylic acids is 1. The van der Waals surface area contributed by atoms with Crippen molar-refractivity contribution in [2.75, 3.05) is 64.8 Å². The van der Waals surface area contributed by atoms with Gasteiger partial charge in [-0.05, 0) is 50.8 Å². The van der Waals surface area contributed by atoms with Crippen LogP contribution in [-0.4, -0.2) is 86.6 Å². The highest BCUT2D eigenvalue weighted by atomic mass is 16.1. The van der Waals surface area contributed by atoms with E-state index in [-0.39, 0.29) is 5.91 Å². The second kappa shape index (κ2) is 12.0. The van der Waals surface area contributed by atoms with Gasteiger partial charge in [0, 0.05) is 57.6 Å². The molecule has 32 heavy (non-hydrogen) atoms. The van der Waals surface area contributed by atoms with Crippen LogP contribution >= 0.6 is 0 Å². The van der Waals surface area contributed by atoms with E-state index in [1.54, 1.807) is 0 Å². The summed E-state index contributed by atoms with van der Waals surface area (Å²) in [5, 5.41) is 6.38. The molecule has 0 atom stereocenters. The minimum atomic E-state index is -0.0461. The van der Waals surface area contributed by atoms with Gasteiger partial charge in [0.15, 0.2) is 5.96 Å². The fraction of sp³-hybridized carbons (Fsp3) is 0.458. The maximum atomic E-state index is 12.4. The number of piperazine rings is 1. The van der Waals surface area contributed by atoms with Crippen molar-refractivity contribution >= 4 is 17.7 Å². The van der Waals surface area contributed by atoms with Gasteiger partial charge in [-0.25, -0.2) is 9.98 Å². The lowest BCUT2D eigenvalue weighted by atomic mass is 10.1. The van der Waals surface area contributed by atoms with Gasteiger partial charge in [-0.1, -0.05) is 18.2 Å². The van der Waals surface area contributed by atoms with E-state index in [0.717, 1.165) is 56.6 Å². The van der Waals surface area contributed by atoms with Gasteiger partial charge in [0.1, 0.15) is 5.82 Å². The molecule has 0 radical (unpaired) electrons. The van der Waals surface area contributed by atoms with Gasteiger partial charge >= 0.3 is 0 Å². The van der Waals surface area contributed by atoms with Gasteiger partial charge in [0.2, 0.25) is 0 Å². The van der Waals surface area contributed by atoms with E-state index in [1.165, 1.54) is 0 Å². The van der Waals surface area contributed by atoms with Crippen molar-refractivity contribution in [1.82, 2.24) is 25.4 Å². The van der Waals surface area contributed by atoms with E-state index >= 15 is 0 Å². The number of guanidine groups is 1. The molecular formula is C24H35N7O. The molecule has 0 aliphatic carbocycles. The number of anilines is 1. The van der Waals surface area contributed by atoms with Crippen molar-refractivity contribution in [2.45, 2.75) is 13.5 Å². The fourth-order valence-corrected chi connectivity index (χ4v) is 3.59. The second-order valence-corrected chi connectivity index (χ2v) is 8.09. The number of rotatable bonds is 8. The number of amides is 1. The van der Waals surface area contributed by atoms with E-state index in [1.807, 2.05) is 61.6 Å². The molecule has 1 aromatic carbocycles. The number of nitrogens with one attached hydrogen (secondary N) is 2. The van der Waals surface area contributed by atoms with Gasteiger partial charge in [-0.15, -0.1) is 0 Å². The molecule has 0 spiro atoms. The Morgan fingerprint density at radius 1 is 1.09 bits per heavy atom. The van der Waals surface area contributed by atoms with Gasteiger partial charge in [0.25, 0.3) is 5.91 Å². The molecule has 0 saturated carbocycles. The van der Waals surface area contributed by atoms with Crippen LogP contribution in [0.5, 0.6) is 0 Å². The number of benzene rings is 1. The number of hydrogen-bond donors (Lipinski definition) is 2. The summed E-state index contributed by atoms with van der Waals surface area (Å²) in [7, 11) is 3.98. The van der Waals surface area contributed by atoms with Crippen LogP contribution in [0.1, 0.15) is 22.8 Å². The summed E-state index contributed by atoms with van der Waals surface area (Å²) in [6.45, 7) is 8.45. The van der Waals surface area contributed by atoms with Crippen molar-refractivity contribution in [1.29, 1.82) is 0 Å². The molecule has 1 aliphatic heterocycles. The van der Waals surface area contributed by atoms with E-state index in [0.29, 0.717) is 18.7 Å². The average molecular weight is 438 g/mol. The molecule has 1 saturated heterocycles. The summed E-state index contributed by atoms with van der Waals surface area (Å²) in [4.78, 5) is 28.4. The zero-order valence-electron chi connectivity index (χ0n) is 19.4. The van der Waals surface area contributed by atoms with Gasteiger partial charge in [-0.2, -0.15) is 0 Å². The molecule has 0 bridgehead atoms. The Bertz CT molecular complexity index is 877. The van der Waals surface area contributed by atoms with Crippen molar-refractivity contribution in [3.05, 3.63) is 59.8 Å². The third kappa shape index (κ3) is 6.95. The lowest BCUT2D eigenvalue weighted by molar-refractivity contribution is 0.0951. The first-order valence-corrected chi connectivity index (χ1v) is 11.3. The third-order valence-corrected chi connectivity index (χ3v) is 5.33. The number of carbonyl (C=O) groups is 1. The van der Waals surface area contributed by atoms with Gasteiger partial charge < -0.3 is 25.3 Å². The molecule has 1 amide bonds. The minimum Gasteiger partial charge on any atom is -0.357 e. The van der Waals surface area contributed by atoms with Crippen molar-refractivity contribution in [3.8, 4) is 0 Å². The first-order chi connectivity index (χ1) is 15.6. The maximum absolute atomic E-state index is 12.4. The maximum Gasteiger partial charge on any atom is 0.251 e. The van der Waals surface area contributed by atoms with E-state index in [4.69, 9.17) is 4.99 Å². The average Bonchev–Trinajstić information content (AvgIpc) is 2.82. The van der Waals surface area contributed by atoms with Crippen molar-refractivity contribution in [2.24, 2.45) is 4.99 Å². The lowest BCUT2D eigenvalue weighted by Crippen LogP contribution is -2.52. The predicted octanol–water partition coefficient (Wildman–Crippen LogP) is 1.66. The molecule has 1 fully saturated rings. The van der Waals surface area contributed by atoms with E-state index in [2.05, 4.69) is 38.4 Å². The Morgan fingerprint density at radius 2 is 1.91 bits per heavy atom. The molecule has 172 valence electrons. The minimum absolute atomic E-state index is 0.0461. The van der Waals surface area contributed by atoms with E-state index in [9.17, 15) is 4.79 Å². The molecule has 2 heterocycles. The molecule has 2 aromatic rings. The Morgan fingerprint density at radius 3 is 2.59 bits per heavy atom. The van der Waals surface area contributed by atoms with Crippen LogP contribution < -0.4 is 15.5 Å². The van der Waals surface area contributed by atoms with Crippen molar-refractivity contribution < 1.29 is 4.79 Å². The van der Waals surface area contributed by atoms with Crippen LogP contribution in [0, 0.1) is 0 Å². The highest BCUT2D eigenvalue weighted by molar-refractivity contribution is 5.94. The summed E-state index contributed by atoms with van der Waals surface area (Å²) in [5.41, 5.74) is 1.69. The first kappa shape index (κ1) is 23.5. The summed E-state index contributed by atoms with van der Waals surface area (Å²) in [6.07, 6.45) is 1.84. The number of hydrogen-bond acceptors (Lipinski definition) is 5. The molecule has 8 nitrogen and oxygen atoms in total.